The van der Waals surface area contributed by atoms with Gasteiger partial charge in [0.1, 0.15) is 6.04 Å². The van der Waals surface area contributed by atoms with Crippen LogP contribution in [-0.4, -0.2) is 85.8 Å². The summed E-state index contributed by atoms with van der Waals surface area (Å²) < 4.78 is -1.39. The average Bonchev–Trinajstić information content (AvgIpc) is 3.15. The third-order valence-corrected chi connectivity index (χ3v) is 10.0. The lowest BCUT2D eigenvalue weighted by molar-refractivity contribution is -0.145. The predicted octanol–water partition coefficient (Wildman–Crippen LogP) is 2.85. The smallest absolute Gasteiger partial charge is 0.247 e. The largest absolute Gasteiger partial charge is 0.396 e. The van der Waals surface area contributed by atoms with Crippen molar-refractivity contribution in [2.45, 2.75) is 55.2 Å². The van der Waals surface area contributed by atoms with E-state index in [0.717, 1.165) is 12.0 Å². The molecule has 0 saturated carbocycles. The van der Waals surface area contributed by atoms with E-state index in [-0.39, 0.29) is 24.3 Å². The number of hydrogen-bond donors (Lipinski definition) is 1. The fraction of sp³-hybridized carbons (Fsp3) is 0.552. The van der Waals surface area contributed by atoms with Crippen molar-refractivity contribution in [1.29, 1.82) is 0 Å². The Labute approximate surface area is 223 Å². The normalized spacial score (nSPS) is 32.9. The van der Waals surface area contributed by atoms with Gasteiger partial charge in [-0.25, -0.2) is 0 Å². The van der Waals surface area contributed by atoms with Crippen molar-refractivity contribution in [3.8, 4) is 0 Å². The van der Waals surface area contributed by atoms with Crippen LogP contribution in [0.3, 0.4) is 0 Å². The molecule has 4 aliphatic heterocycles. The van der Waals surface area contributed by atoms with Crippen LogP contribution in [0, 0.1) is 11.8 Å². The Balaban J connectivity index is 1.57. The van der Waals surface area contributed by atoms with Gasteiger partial charge < -0.3 is 19.8 Å². The van der Waals surface area contributed by atoms with Crippen molar-refractivity contribution in [1.82, 2.24) is 14.7 Å². The van der Waals surface area contributed by atoms with E-state index in [4.69, 9.17) is 0 Å². The van der Waals surface area contributed by atoms with Crippen LogP contribution >= 0.6 is 11.8 Å². The number of carbonyl (C=O) groups is 3. The molecule has 8 heteroatoms. The van der Waals surface area contributed by atoms with E-state index in [1.165, 1.54) is 0 Å². The maximum atomic E-state index is 14.3. The van der Waals surface area contributed by atoms with Gasteiger partial charge in [0.05, 0.1) is 16.6 Å². The van der Waals surface area contributed by atoms with Crippen LogP contribution in [0.25, 0.3) is 0 Å². The van der Waals surface area contributed by atoms with E-state index in [9.17, 15) is 19.5 Å². The predicted molar refractivity (Wildman–Crippen MR) is 145 cm³/mol. The third-order valence-electron chi connectivity index (χ3n) is 8.24. The lowest BCUT2D eigenvalue weighted by Gasteiger charge is -2.37. The molecule has 0 aromatic heterocycles. The van der Waals surface area contributed by atoms with Crippen LogP contribution in [-0.2, 0) is 20.9 Å². The summed E-state index contributed by atoms with van der Waals surface area (Å²) in [6.07, 6.45) is 10.3. The molecule has 5 rings (SSSR count). The Kier molecular flexibility index (Phi) is 7.24. The molecule has 7 nitrogen and oxygen atoms in total. The second kappa shape index (κ2) is 10.3. The monoisotopic (exact) mass is 523 g/mol. The molecule has 0 aliphatic carbocycles. The van der Waals surface area contributed by atoms with Crippen LogP contribution < -0.4 is 0 Å². The van der Waals surface area contributed by atoms with Crippen molar-refractivity contribution in [3.05, 3.63) is 60.2 Å². The molecule has 1 aromatic rings. The van der Waals surface area contributed by atoms with Gasteiger partial charge in [0.25, 0.3) is 0 Å². The summed E-state index contributed by atoms with van der Waals surface area (Å²) in [7, 11) is 0. The highest BCUT2D eigenvalue weighted by Crippen LogP contribution is 2.65. The third kappa shape index (κ3) is 4.32. The first-order chi connectivity index (χ1) is 17.9. The summed E-state index contributed by atoms with van der Waals surface area (Å²) in [6.45, 7) is 6.69. The van der Waals surface area contributed by atoms with Gasteiger partial charge in [0.2, 0.25) is 17.7 Å². The topological polar surface area (TPSA) is 81.2 Å². The maximum Gasteiger partial charge on any atom is 0.247 e. The highest BCUT2D eigenvalue weighted by atomic mass is 32.2. The first kappa shape index (κ1) is 26.0. The molecule has 0 radical (unpaired) electrons. The lowest BCUT2D eigenvalue weighted by atomic mass is 9.74. The van der Waals surface area contributed by atoms with E-state index >= 15 is 0 Å². The molecule has 5 atom stereocenters. The van der Waals surface area contributed by atoms with Crippen LogP contribution in [0.1, 0.15) is 38.7 Å². The Morgan fingerprint density at radius 3 is 2.38 bits per heavy atom. The van der Waals surface area contributed by atoms with E-state index in [0.29, 0.717) is 45.6 Å². The van der Waals surface area contributed by atoms with Crippen LogP contribution in [0.4, 0.5) is 0 Å². The maximum absolute atomic E-state index is 14.3. The molecule has 0 bridgehead atoms. The first-order valence-electron chi connectivity index (χ1n) is 13.4. The lowest BCUT2D eigenvalue weighted by Crippen LogP contribution is -2.53. The quantitative estimate of drug-likeness (QED) is 0.419. The fourth-order valence-corrected chi connectivity index (χ4v) is 8.83. The van der Waals surface area contributed by atoms with Crippen LogP contribution in [0.15, 0.2) is 54.6 Å². The second-order valence-corrected chi connectivity index (χ2v) is 12.5. The van der Waals surface area contributed by atoms with Gasteiger partial charge in [-0.2, -0.15) is 0 Å². The number of hydrogen-bond acceptors (Lipinski definition) is 5. The molecule has 1 unspecified atom stereocenters. The standard InChI is InChI=1S/C29H37N3O4S/c1-3-15-30-16-9-13-28(2)22(25(30)34)23-26(35)32(18-7-8-19-33)24-27(36)31(17-10-14-29(23,24)37-28)20-21-11-5-4-6-12-21/h4-6,9-14,22-24,33H,3,7-8,15-20H2,1-2H3/t22-,23+,24?,28+,29+/m1/s1. The van der Waals surface area contributed by atoms with Gasteiger partial charge in [-0.15, -0.1) is 11.8 Å². The zero-order valence-corrected chi connectivity index (χ0v) is 22.5. The molecule has 1 spiro atoms. The van der Waals surface area contributed by atoms with Gasteiger partial charge >= 0.3 is 0 Å². The summed E-state index contributed by atoms with van der Waals surface area (Å²) in [4.78, 5) is 47.9. The number of amides is 3. The van der Waals surface area contributed by atoms with Crippen molar-refractivity contribution < 1.29 is 19.5 Å². The summed E-state index contributed by atoms with van der Waals surface area (Å²) in [5.74, 6) is -1.29. The number of nitrogens with zero attached hydrogens (tertiary/aromatic N) is 3. The summed E-state index contributed by atoms with van der Waals surface area (Å²) in [5, 5.41) is 9.38. The minimum Gasteiger partial charge on any atom is -0.396 e. The van der Waals surface area contributed by atoms with E-state index in [1.807, 2.05) is 46.2 Å². The summed E-state index contributed by atoms with van der Waals surface area (Å²) in [5.41, 5.74) is 1.04. The van der Waals surface area contributed by atoms with Crippen LogP contribution in [0.5, 0.6) is 0 Å². The van der Waals surface area contributed by atoms with Gasteiger partial charge in [-0.1, -0.05) is 61.6 Å². The second-order valence-electron chi connectivity index (χ2n) is 10.8. The molecule has 1 aromatic carbocycles. The van der Waals surface area contributed by atoms with E-state index in [2.05, 4.69) is 32.1 Å². The van der Waals surface area contributed by atoms with E-state index < -0.39 is 27.4 Å². The molecule has 4 aliphatic rings. The number of aliphatic hydroxyl groups is 1. The SMILES string of the molecule is CCCN1CC=C[C@]2(C)S[C@]34C=CCN(Cc5ccccc5)C(=O)C3N(CCCCO)C(=O)[C@@H]4[C@@H]2C1=O. The van der Waals surface area contributed by atoms with Crippen molar-refractivity contribution in [2.24, 2.45) is 11.8 Å². The van der Waals surface area contributed by atoms with E-state index in [1.54, 1.807) is 16.7 Å². The zero-order valence-electron chi connectivity index (χ0n) is 21.7. The molecular formula is C29H37N3O4S. The van der Waals surface area contributed by atoms with Crippen molar-refractivity contribution in [2.75, 3.05) is 32.8 Å². The minimum absolute atomic E-state index is 0.0132. The minimum atomic E-state index is -0.812. The Morgan fingerprint density at radius 1 is 0.919 bits per heavy atom. The van der Waals surface area contributed by atoms with Gasteiger partial charge in [0.15, 0.2) is 0 Å². The molecule has 198 valence electrons. The number of benzene rings is 1. The number of aliphatic hydroxyl groups excluding tert-OH is 1. The van der Waals surface area contributed by atoms with Crippen LogP contribution in [0.2, 0.25) is 0 Å². The number of rotatable bonds is 8. The fourth-order valence-electron chi connectivity index (χ4n) is 6.67. The molecule has 1 N–H and O–H groups in total. The Morgan fingerprint density at radius 2 is 1.65 bits per heavy atom. The molecule has 37 heavy (non-hydrogen) atoms. The zero-order chi connectivity index (χ0) is 26.2. The summed E-state index contributed by atoms with van der Waals surface area (Å²) >= 11 is 1.63. The summed E-state index contributed by atoms with van der Waals surface area (Å²) in [6, 6.07) is 9.22. The van der Waals surface area contributed by atoms with Gasteiger partial charge in [-0.3, -0.25) is 14.4 Å². The highest BCUT2D eigenvalue weighted by molar-refractivity contribution is 8.02. The molecule has 4 heterocycles. The van der Waals surface area contributed by atoms with Crippen molar-refractivity contribution >= 4 is 29.5 Å². The van der Waals surface area contributed by atoms with Gasteiger partial charge in [-0.05, 0) is 31.7 Å². The number of fused-ring (bicyclic) bond motifs is 2. The van der Waals surface area contributed by atoms with Crippen molar-refractivity contribution in [3.63, 3.8) is 0 Å². The average molecular weight is 524 g/mol. The number of likely N-dealkylation sites (tertiary alicyclic amines) is 1. The Hall–Kier alpha value is -2.58. The number of unbranched alkanes of at least 4 members (excludes halogenated alkanes) is 1. The first-order valence-corrected chi connectivity index (χ1v) is 14.3. The number of carbonyl (C=O) groups excluding carboxylic acids is 3. The Bertz CT molecular complexity index is 1110. The number of thioether (sulfide) groups is 1. The highest BCUT2D eigenvalue weighted by Gasteiger charge is 2.73. The molecule has 3 amide bonds. The molecule has 2 saturated heterocycles. The molecule has 2 fully saturated rings. The van der Waals surface area contributed by atoms with Gasteiger partial charge in [0, 0.05) is 44.1 Å². The molecular weight excluding hydrogens is 486 g/mol.